The lowest BCUT2D eigenvalue weighted by Gasteiger charge is -2.33. The summed E-state index contributed by atoms with van der Waals surface area (Å²) in [5, 5.41) is 10.5. The van der Waals surface area contributed by atoms with Gasteiger partial charge < -0.3 is 5.11 Å². The maximum Gasteiger partial charge on any atom is 0.143 e. The minimum Gasteiger partial charge on any atom is -0.388 e. The van der Waals surface area contributed by atoms with Crippen LogP contribution in [0.15, 0.2) is 22.7 Å². The largest absolute Gasteiger partial charge is 0.388 e. The number of aliphatic hydroxyl groups excluding tert-OH is 1. The van der Waals surface area contributed by atoms with Crippen molar-refractivity contribution in [1.29, 1.82) is 0 Å². The predicted molar refractivity (Wildman–Crippen MR) is 70.3 cm³/mol. The fourth-order valence-corrected chi connectivity index (χ4v) is 3.34. The van der Waals surface area contributed by atoms with Gasteiger partial charge in [-0.2, -0.15) is 0 Å². The standard InChI is InChI=1S/C14H18BrFO/c1-2-14(8-3-4-9-14)13(17)10-6-5-7-11(15)12(10)16/h5-7,13,17H,2-4,8-9H2,1H3. The summed E-state index contributed by atoms with van der Waals surface area (Å²) in [4.78, 5) is 0. The van der Waals surface area contributed by atoms with Crippen molar-refractivity contribution in [3.8, 4) is 0 Å². The van der Waals surface area contributed by atoms with Crippen LogP contribution in [0.25, 0.3) is 0 Å². The highest BCUT2D eigenvalue weighted by Gasteiger charge is 2.40. The second kappa shape index (κ2) is 5.07. The minimum atomic E-state index is -0.688. The Morgan fingerprint density at radius 3 is 2.65 bits per heavy atom. The Kier molecular flexibility index (Phi) is 3.88. The van der Waals surface area contributed by atoms with Crippen LogP contribution in [0.5, 0.6) is 0 Å². The van der Waals surface area contributed by atoms with Crippen LogP contribution in [-0.4, -0.2) is 5.11 Å². The molecule has 1 atom stereocenters. The zero-order valence-electron chi connectivity index (χ0n) is 10.0. The molecule has 94 valence electrons. The molecule has 0 amide bonds. The molecular formula is C14H18BrFO. The molecule has 3 heteroatoms. The SMILES string of the molecule is CCC1(C(O)c2cccc(Br)c2F)CCCC1. The summed E-state index contributed by atoms with van der Waals surface area (Å²) in [7, 11) is 0. The van der Waals surface area contributed by atoms with E-state index < -0.39 is 6.10 Å². The van der Waals surface area contributed by atoms with Crippen molar-refractivity contribution in [2.24, 2.45) is 5.41 Å². The summed E-state index contributed by atoms with van der Waals surface area (Å²) >= 11 is 3.18. The first-order valence-corrected chi connectivity index (χ1v) is 7.02. The molecule has 0 bridgehead atoms. The Morgan fingerprint density at radius 2 is 2.06 bits per heavy atom. The molecule has 1 saturated carbocycles. The van der Waals surface area contributed by atoms with Crippen LogP contribution in [0.2, 0.25) is 0 Å². The van der Waals surface area contributed by atoms with Gasteiger partial charge in [-0.15, -0.1) is 0 Å². The van der Waals surface area contributed by atoms with E-state index in [0.717, 1.165) is 32.1 Å². The van der Waals surface area contributed by atoms with E-state index in [4.69, 9.17) is 0 Å². The fraction of sp³-hybridized carbons (Fsp3) is 0.571. The van der Waals surface area contributed by atoms with Crippen molar-refractivity contribution >= 4 is 15.9 Å². The molecule has 1 nitrogen and oxygen atoms in total. The zero-order valence-corrected chi connectivity index (χ0v) is 11.6. The average molecular weight is 301 g/mol. The van der Waals surface area contributed by atoms with Gasteiger partial charge in [-0.3, -0.25) is 0 Å². The first-order chi connectivity index (χ1) is 8.10. The fourth-order valence-electron chi connectivity index (χ4n) is 2.96. The third kappa shape index (κ3) is 2.27. The second-order valence-corrected chi connectivity index (χ2v) is 5.82. The van der Waals surface area contributed by atoms with Gasteiger partial charge >= 0.3 is 0 Å². The molecule has 0 spiro atoms. The van der Waals surface area contributed by atoms with Gasteiger partial charge in [0.1, 0.15) is 5.82 Å². The monoisotopic (exact) mass is 300 g/mol. The van der Waals surface area contributed by atoms with Gasteiger partial charge in [0, 0.05) is 11.0 Å². The Balaban J connectivity index is 2.35. The van der Waals surface area contributed by atoms with E-state index >= 15 is 0 Å². The van der Waals surface area contributed by atoms with E-state index in [1.807, 2.05) is 0 Å². The summed E-state index contributed by atoms with van der Waals surface area (Å²) in [6.45, 7) is 2.09. The normalized spacial score (nSPS) is 20.5. The van der Waals surface area contributed by atoms with Crippen molar-refractivity contribution in [1.82, 2.24) is 0 Å². The summed E-state index contributed by atoms with van der Waals surface area (Å²) in [6, 6.07) is 5.14. The van der Waals surface area contributed by atoms with Crippen LogP contribution in [-0.2, 0) is 0 Å². The first-order valence-electron chi connectivity index (χ1n) is 6.23. The highest BCUT2D eigenvalue weighted by Crippen LogP contribution is 2.50. The Bertz CT molecular complexity index is 399. The van der Waals surface area contributed by atoms with Crippen LogP contribution in [0.1, 0.15) is 50.7 Å². The summed E-state index contributed by atoms with van der Waals surface area (Å²) in [5.74, 6) is -0.320. The van der Waals surface area contributed by atoms with E-state index in [0.29, 0.717) is 10.0 Å². The lowest BCUT2D eigenvalue weighted by atomic mass is 9.75. The number of aliphatic hydroxyl groups is 1. The lowest BCUT2D eigenvalue weighted by Crippen LogP contribution is -2.25. The van der Waals surface area contributed by atoms with Gasteiger partial charge in [0.05, 0.1) is 10.6 Å². The molecule has 0 heterocycles. The highest BCUT2D eigenvalue weighted by molar-refractivity contribution is 9.10. The quantitative estimate of drug-likeness (QED) is 0.865. The summed E-state index contributed by atoms with van der Waals surface area (Å²) < 4.78 is 14.4. The molecule has 0 saturated heterocycles. The van der Waals surface area contributed by atoms with E-state index in [1.54, 1.807) is 18.2 Å². The summed E-state index contributed by atoms with van der Waals surface area (Å²) in [6.07, 6.45) is 4.49. The molecule has 1 aliphatic carbocycles. The van der Waals surface area contributed by atoms with E-state index in [2.05, 4.69) is 22.9 Å². The Morgan fingerprint density at radius 1 is 1.41 bits per heavy atom. The third-order valence-electron chi connectivity index (χ3n) is 4.16. The van der Waals surface area contributed by atoms with Gasteiger partial charge in [0.2, 0.25) is 0 Å². The number of hydrogen-bond donors (Lipinski definition) is 1. The topological polar surface area (TPSA) is 20.2 Å². The van der Waals surface area contributed by atoms with Gasteiger partial charge in [0.25, 0.3) is 0 Å². The summed E-state index contributed by atoms with van der Waals surface area (Å²) in [5.41, 5.74) is 0.310. The number of halogens is 2. The molecule has 0 aromatic heterocycles. The van der Waals surface area contributed by atoms with Gasteiger partial charge in [-0.25, -0.2) is 4.39 Å². The second-order valence-electron chi connectivity index (χ2n) is 4.97. The Labute approximate surface area is 110 Å². The van der Waals surface area contributed by atoms with E-state index in [-0.39, 0.29) is 11.2 Å². The van der Waals surface area contributed by atoms with Gasteiger partial charge in [-0.05, 0) is 41.3 Å². The van der Waals surface area contributed by atoms with Crippen molar-refractivity contribution in [3.63, 3.8) is 0 Å². The van der Waals surface area contributed by atoms with Crippen molar-refractivity contribution < 1.29 is 9.50 Å². The van der Waals surface area contributed by atoms with E-state index in [9.17, 15) is 9.50 Å². The minimum absolute atomic E-state index is 0.123. The smallest absolute Gasteiger partial charge is 0.143 e. The molecule has 1 aromatic rings. The molecule has 1 fully saturated rings. The molecule has 1 aromatic carbocycles. The molecule has 2 rings (SSSR count). The zero-order chi connectivity index (χ0) is 12.5. The van der Waals surface area contributed by atoms with Gasteiger partial charge in [-0.1, -0.05) is 31.9 Å². The van der Waals surface area contributed by atoms with E-state index in [1.165, 1.54) is 0 Å². The van der Waals surface area contributed by atoms with Gasteiger partial charge in [0.15, 0.2) is 0 Å². The first kappa shape index (κ1) is 13.0. The maximum atomic E-state index is 14.0. The van der Waals surface area contributed by atoms with Crippen LogP contribution in [0, 0.1) is 11.2 Å². The Hall–Kier alpha value is -0.410. The molecule has 1 aliphatic rings. The molecule has 1 unspecified atom stereocenters. The molecule has 0 radical (unpaired) electrons. The molecule has 17 heavy (non-hydrogen) atoms. The number of rotatable bonds is 3. The molecular weight excluding hydrogens is 283 g/mol. The highest BCUT2D eigenvalue weighted by atomic mass is 79.9. The maximum absolute atomic E-state index is 14.0. The average Bonchev–Trinajstić information content (AvgIpc) is 2.82. The number of benzene rings is 1. The lowest BCUT2D eigenvalue weighted by molar-refractivity contribution is 0.0210. The predicted octanol–water partition coefficient (Wildman–Crippen LogP) is 4.59. The van der Waals surface area contributed by atoms with Crippen molar-refractivity contribution in [2.45, 2.75) is 45.1 Å². The van der Waals surface area contributed by atoms with Crippen LogP contribution in [0.4, 0.5) is 4.39 Å². The number of hydrogen-bond acceptors (Lipinski definition) is 1. The molecule has 1 N–H and O–H groups in total. The van der Waals surface area contributed by atoms with Crippen molar-refractivity contribution in [2.75, 3.05) is 0 Å². The third-order valence-corrected chi connectivity index (χ3v) is 4.77. The van der Waals surface area contributed by atoms with Crippen LogP contribution >= 0.6 is 15.9 Å². The van der Waals surface area contributed by atoms with Crippen molar-refractivity contribution in [3.05, 3.63) is 34.1 Å². The molecule has 0 aliphatic heterocycles. The van der Waals surface area contributed by atoms with Crippen LogP contribution in [0.3, 0.4) is 0 Å². The van der Waals surface area contributed by atoms with Crippen LogP contribution < -0.4 is 0 Å².